The van der Waals surface area contributed by atoms with E-state index in [0.717, 1.165) is 31.6 Å². The third-order valence-electron chi connectivity index (χ3n) is 4.97. The summed E-state index contributed by atoms with van der Waals surface area (Å²) in [6.07, 6.45) is 5.65. The van der Waals surface area contributed by atoms with E-state index in [4.69, 9.17) is 4.74 Å². The SMILES string of the molecule is CC1CCC(N(C)C(=O)COC(=O)c2ccccc2-n2cnnn2)CC1. The van der Waals surface area contributed by atoms with Crippen molar-refractivity contribution in [1.29, 1.82) is 0 Å². The minimum atomic E-state index is -0.574. The molecule has 1 fully saturated rings. The summed E-state index contributed by atoms with van der Waals surface area (Å²) in [7, 11) is 1.78. The number of nitrogens with zero attached hydrogens (tertiary/aromatic N) is 5. The number of hydrogen-bond donors (Lipinski definition) is 0. The average Bonchev–Trinajstić information content (AvgIpc) is 3.20. The lowest BCUT2D eigenvalue weighted by atomic mass is 9.87. The fraction of sp³-hybridized carbons (Fsp3) is 0.500. The number of rotatable bonds is 5. The molecule has 3 rings (SSSR count). The molecular weight excluding hydrogens is 334 g/mol. The van der Waals surface area contributed by atoms with Gasteiger partial charge >= 0.3 is 5.97 Å². The van der Waals surface area contributed by atoms with Crippen molar-refractivity contribution in [1.82, 2.24) is 25.1 Å². The van der Waals surface area contributed by atoms with E-state index in [1.54, 1.807) is 36.2 Å². The van der Waals surface area contributed by atoms with Crippen LogP contribution in [0.4, 0.5) is 0 Å². The average molecular weight is 357 g/mol. The van der Waals surface area contributed by atoms with Gasteiger partial charge in [-0.25, -0.2) is 4.79 Å². The summed E-state index contributed by atoms with van der Waals surface area (Å²) in [6, 6.07) is 7.06. The first-order chi connectivity index (χ1) is 12.6. The summed E-state index contributed by atoms with van der Waals surface area (Å²) in [6.45, 7) is 1.97. The molecule has 0 atom stereocenters. The number of hydrogen-bond acceptors (Lipinski definition) is 6. The van der Waals surface area contributed by atoms with Gasteiger partial charge in [-0.15, -0.1) is 5.10 Å². The van der Waals surface area contributed by atoms with E-state index in [-0.39, 0.29) is 18.6 Å². The summed E-state index contributed by atoms with van der Waals surface area (Å²) in [5, 5.41) is 10.9. The van der Waals surface area contributed by atoms with Crippen LogP contribution in [0.5, 0.6) is 0 Å². The second-order valence-electron chi connectivity index (χ2n) is 6.77. The van der Waals surface area contributed by atoms with Crippen LogP contribution in [0.15, 0.2) is 30.6 Å². The minimum absolute atomic E-state index is 0.183. The highest BCUT2D eigenvalue weighted by Crippen LogP contribution is 2.26. The number of carbonyl (C=O) groups excluding carboxylic acids is 2. The molecule has 0 N–H and O–H groups in total. The first-order valence-electron chi connectivity index (χ1n) is 8.81. The molecule has 1 aliphatic carbocycles. The van der Waals surface area contributed by atoms with Crippen molar-refractivity contribution < 1.29 is 14.3 Å². The van der Waals surface area contributed by atoms with Gasteiger partial charge in [0.05, 0.1) is 11.3 Å². The van der Waals surface area contributed by atoms with Crippen LogP contribution in [0.1, 0.15) is 43.0 Å². The second kappa shape index (κ2) is 8.07. The Morgan fingerprint density at radius 1 is 1.23 bits per heavy atom. The van der Waals surface area contributed by atoms with E-state index in [2.05, 4.69) is 22.4 Å². The molecule has 138 valence electrons. The zero-order valence-electron chi connectivity index (χ0n) is 15.0. The lowest BCUT2D eigenvalue weighted by Crippen LogP contribution is -2.41. The molecular formula is C18H23N5O3. The van der Waals surface area contributed by atoms with Crippen molar-refractivity contribution in [2.75, 3.05) is 13.7 Å². The molecule has 0 saturated heterocycles. The normalized spacial score (nSPS) is 19.8. The smallest absolute Gasteiger partial charge is 0.340 e. The Morgan fingerprint density at radius 3 is 2.65 bits per heavy atom. The lowest BCUT2D eigenvalue weighted by molar-refractivity contribution is -0.136. The van der Waals surface area contributed by atoms with Gasteiger partial charge < -0.3 is 9.64 Å². The molecule has 0 unspecified atom stereocenters. The highest BCUT2D eigenvalue weighted by molar-refractivity contribution is 5.94. The van der Waals surface area contributed by atoms with Crippen LogP contribution in [0.3, 0.4) is 0 Å². The summed E-state index contributed by atoms with van der Waals surface area (Å²) in [5.41, 5.74) is 0.811. The first-order valence-corrected chi connectivity index (χ1v) is 8.81. The van der Waals surface area contributed by atoms with E-state index in [1.165, 1.54) is 11.0 Å². The number of para-hydroxylation sites is 1. The quantitative estimate of drug-likeness (QED) is 0.759. The van der Waals surface area contributed by atoms with Crippen LogP contribution in [0.25, 0.3) is 5.69 Å². The molecule has 0 bridgehead atoms. The van der Waals surface area contributed by atoms with Crippen LogP contribution in [-0.4, -0.2) is 56.7 Å². The number of tetrazole rings is 1. The van der Waals surface area contributed by atoms with Gasteiger partial charge in [0.2, 0.25) is 0 Å². The van der Waals surface area contributed by atoms with Crippen molar-refractivity contribution in [3.63, 3.8) is 0 Å². The van der Waals surface area contributed by atoms with Crippen molar-refractivity contribution in [2.24, 2.45) is 5.92 Å². The largest absolute Gasteiger partial charge is 0.452 e. The summed E-state index contributed by atoms with van der Waals surface area (Å²) < 4.78 is 6.63. The topological polar surface area (TPSA) is 90.2 Å². The summed E-state index contributed by atoms with van der Waals surface area (Å²) >= 11 is 0. The maximum Gasteiger partial charge on any atom is 0.340 e. The van der Waals surface area contributed by atoms with Crippen LogP contribution < -0.4 is 0 Å². The number of aromatic nitrogens is 4. The zero-order chi connectivity index (χ0) is 18.5. The molecule has 0 aliphatic heterocycles. The Morgan fingerprint density at radius 2 is 1.96 bits per heavy atom. The number of benzene rings is 1. The molecule has 1 aromatic carbocycles. The molecule has 8 nitrogen and oxygen atoms in total. The van der Waals surface area contributed by atoms with Crippen LogP contribution in [0.2, 0.25) is 0 Å². The Bertz CT molecular complexity index is 754. The second-order valence-corrected chi connectivity index (χ2v) is 6.77. The van der Waals surface area contributed by atoms with E-state index >= 15 is 0 Å². The van der Waals surface area contributed by atoms with Gasteiger partial charge in [0, 0.05) is 13.1 Å². The number of carbonyl (C=O) groups is 2. The molecule has 1 aliphatic rings. The maximum atomic E-state index is 12.4. The predicted molar refractivity (Wildman–Crippen MR) is 93.6 cm³/mol. The third-order valence-corrected chi connectivity index (χ3v) is 4.97. The fourth-order valence-corrected chi connectivity index (χ4v) is 3.26. The van der Waals surface area contributed by atoms with Gasteiger partial charge in [-0.3, -0.25) is 4.79 Å². The van der Waals surface area contributed by atoms with Crippen molar-refractivity contribution >= 4 is 11.9 Å². The van der Waals surface area contributed by atoms with E-state index < -0.39 is 5.97 Å². The van der Waals surface area contributed by atoms with Crippen molar-refractivity contribution in [3.8, 4) is 5.69 Å². The summed E-state index contributed by atoms with van der Waals surface area (Å²) in [5.74, 6) is -0.0386. The van der Waals surface area contributed by atoms with Crippen molar-refractivity contribution in [3.05, 3.63) is 36.2 Å². The summed E-state index contributed by atoms with van der Waals surface area (Å²) in [4.78, 5) is 26.5. The van der Waals surface area contributed by atoms with Gasteiger partial charge in [0.25, 0.3) is 5.91 Å². The molecule has 1 aromatic heterocycles. The van der Waals surface area contributed by atoms with Crippen molar-refractivity contribution in [2.45, 2.75) is 38.6 Å². The standard InChI is InChI=1S/C18H23N5O3/c1-13-7-9-14(10-8-13)22(2)17(24)11-26-18(25)15-5-3-4-6-16(15)23-12-19-20-21-23/h3-6,12-14H,7-11H2,1-2H3. The Kier molecular flexibility index (Phi) is 5.60. The Balaban J connectivity index is 1.60. The third kappa shape index (κ3) is 4.07. The van der Waals surface area contributed by atoms with E-state index in [9.17, 15) is 9.59 Å². The van der Waals surface area contributed by atoms with Gasteiger partial charge in [0.15, 0.2) is 6.61 Å². The Hall–Kier alpha value is -2.77. The van der Waals surface area contributed by atoms with Crippen LogP contribution >= 0.6 is 0 Å². The minimum Gasteiger partial charge on any atom is -0.452 e. The molecule has 8 heteroatoms. The van der Waals surface area contributed by atoms with Gasteiger partial charge in [-0.2, -0.15) is 4.68 Å². The lowest BCUT2D eigenvalue weighted by Gasteiger charge is -2.33. The molecule has 1 heterocycles. The molecule has 0 radical (unpaired) electrons. The fourth-order valence-electron chi connectivity index (χ4n) is 3.26. The molecule has 2 aromatic rings. The molecule has 1 amide bonds. The predicted octanol–water partition coefficient (Wildman–Crippen LogP) is 1.86. The zero-order valence-corrected chi connectivity index (χ0v) is 15.0. The number of ether oxygens (including phenoxy) is 1. The van der Waals surface area contributed by atoms with E-state index in [0.29, 0.717) is 11.3 Å². The number of amides is 1. The van der Waals surface area contributed by atoms with Crippen LogP contribution in [0, 0.1) is 5.92 Å². The first kappa shape index (κ1) is 18.0. The monoisotopic (exact) mass is 357 g/mol. The van der Waals surface area contributed by atoms with Gasteiger partial charge in [0.1, 0.15) is 6.33 Å². The van der Waals surface area contributed by atoms with Gasteiger partial charge in [-0.1, -0.05) is 19.1 Å². The molecule has 1 saturated carbocycles. The van der Waals surface area contributed by atoms with Gasteiger partial charge in [-0.05, 0) is 54.2 Å². The number of likely N-dealkylation sites (N-methyl/N-ethyl adjacent to an activating group) is 1. The van der Waals surface area contributed by atoms with E-state index in [1.807, 2.05) is 0 Å². The molecule has 0 spiro atoms. The highest BCUT2D eigenvalue weighted by Gasteiger charge is 2.25. The van der Waals surface area contributed by atoms with Crippen LogP contribution in [-0.2, 0) is 9.53 Å². The molecule has 26 heavy (non-hydrogen) atoms. The maximum absolute atomic E-state index is 12.4. The highest BCUT2D eigenvalue weighted by atomic mass is 16.5. The Labute approximate surface area is 152 Å². The number of esters is 1.